The molecule has 11 heteroatoms. The van der Waals surface area contributed by atoms with Crippen LogP contribution in [0, 0.1) is 34.6 Å². The number of nitrogens with zero attached hydrogens (tertiary/aromatic N) is 1. The number of carbonyl (C=O) groups excluding carboxylic acids is 2. The van der Waals surface area contributed by atoms with Crippen LogP contribution in [0.2, 0.25) is 0 Å². The van der Waals surface area contributed by atoms with E-state index < -0.39 is 23.7 Å². The lowest BCUT2D eigenvalue weighted by atomic mass is 9.94. The number of H-pyrrole nitrogens is 1. The summed E-state index contributed by atoms with van der Waals surface area (Å²) >= 11 is 0. The van der Waals surface area contributed by atoms with Gasteiger partial charge in [-0.05, 0) is 93.0 Å². The van der Waals surface area contributed by atoms with Crippen LogP contribution in [0.25, 0.3) is 17.0 Å². The van der Waals surface area contributed by atoms with E-state index in [4.69, 9.17) is 4.74 Å². The number of amides is 3. The fourth-order valence-electron chi connectivity index (χ4n) is 5.51. The summed E-state index contributed by atoms with van der Waals surface area (Å²) in [4.78, 5) is 56.8. The number of carbonyl (C=O) groups is 3. The molecule has 0 unspecified atom stereocenters. The van der Waals surface area contributed by atoms with E-state index in [1.165, 1.54) is 6.42 Å². The molecule has 5 N–H and O–H groups in total. The smallest absolute Gasteiger partial charge is 0.413 e. The van der Waals surface area contributed by atoms with Crippen LogP contribution < -0.4 is 26.2 Å². The number of urea groups is 1. The molecule has 0 radical (unpaired) electrons. The van der Waals surface area contributed by atoms with E-state index >= 15 is 0 Å². The zero-order valence-electron chi connectivity index (χ0n) is 25.9. The monoisotopic (exact) mass is 603 g/mol. The lowest BCUT2D eigenvalue weighted by molar-refractivity contribution is -0.139. The van der Waals surface area contributed by atoms with Crippen LogP contribution in [0.5, 0.6) is 5.75 Å². The highest BCUT2D eigenvalue weighted by Crippen LogP contribution is 2.32. The molecule has 11 nitrogen and oxygen atoms in total. The number of hydrogen-bond acceptors (Lipinski definition) is 6. The van der Waals surface area contributed by atoms with Gasteiger partial charge >= 0.3 is 18.1 Å². The molecule has 1 fully saturated rings. The SMILES string of the molecule is Cc1c(C)c(C)c(OC(=O)N[C@@H](Cc2nc3ccc(/C=C/CNC(=O)NC4CCCCC4)cc3c(=O)[nH]2)C(=O)O)c(C)c1C. The number of ether oxygens (including phenoxy) is 1. The number of carboxylic acid groups (broad SMARTS) is 1. The summed E-state index contributed by atoms with van der Waals surface area (Å²) in [6, 6.07) is 3.76. The Hall–Kier alpha value is -4.67. The van der Waals surface area contributed by atoms with Gasteiger partial charge in [0, 0.05) is 19.0 Å². The molecule has 0 bridgehead atoms. The van der Waals surface area contributed by atoms with E-state index in [2.05, 4.69) is 25.9 Å². The Labute approximate surface area is 256 Å². The van der Waals surface area contributed by atoms with Crippen LogP contribution in [0.3, 0.4) is 0 Å². The van der Waals surface area contributed by atoms with E-state index in [1.54, 1.807) is 30.4 Å². The van der Waals surface area contributed by atoms with Gasteiger partial charge in [-0.15, -0.1) is 0 Å². The molecule has 44 heavy (non-hydrogen) atoms. The molecule has 1 aliphatic rings. The number of rotatable bonds is 9. The number of hydrogen-bond donors (Lipinski definition) is 5. The van der Waals surface area contributed by atoms with Crippen molar-refractivity contribution >= 4 is 35.1 Å². The quantitative estimate of drug-likeness (QED) is 0.232. The number of benzene rings is 2. The molecule has 1 heterocycles. The van der Waals surface area contributed by atoms with Crippen molar-refractivity contribution in [2.24, 2.45) is 0 Å². The zero-order chi connectivity index (χ0) is 32.0. The van der Waals surface area contributed by atoms with Crippen molar-refractivity contribution < 1.29 is 24.2 Å². The Morgan fingerprint density at radius 2 is 1.68 bits per heavy atom. The Morgan fingerprint density at radius 3 is 2.34 bits per heavy atom. The molecule has 234 valence electrons. The largest absolute Gasteiger partial charge is 0.480 e. The molecule has 1 aromatic heterocycles. The van der Waals surface area contributed by atoms with E-state index in [-0.39, 0.29) is 24.3 Å². The molecule has 0 spiro atoms. The van der Waals surface area contributed by atoms with E-state index in [0.29, 0.717) is 23.2 Å². The van der Waals surface area contributed by atoms with Gasteiger partial charge in [-0.3, -0.25) is 4.79 Å². The number of aromatic amines is 1. The van der Waals surface area contributed by atoms with Crippen LogP contribution in [-0.4, -0.2) is 51.8 Å². The zero-order valence-corrected chi connectivity index (χ0v) is 25.9. The van der Waals surface area contributed by atoms with Gasteiger partial charge in [-0.1, -0.05) is 37.5 Å². The van der Waals surface area contributed by atoms with Crippen LogP contribution in [0.4, 0.5) is 9.59 Å². The molecule has 2 aromatic carbocycles. The van der Waals surface area contributed by atoms with Gasteiger partial charge < -0.3 is 30.8 Å². The van der Waals surface area contributed by atoms with E-state index in [9.17, 15) is 24.3 Å². The Balaban J connectivity index is 1.39. The lowest BCUT2D eigenvalue weighted by Crippen LogP contribution is -2.44. The summed E-state index contributed by atoms with van der Waals surface area (Å²) in [5.74, 6) is -0.787. The van der Waals surface area contributed by atoms with Gasteiger partial charge in [-0.25, -0.2) is 19.4 Å². The topological polar surface area (TPSA) is 163 Å². The minimum atomic E-state index is -1.39. The maximum atomic E-state index is 12.9. The summed E-state index contributed by atoms with van der Waals surface area (Å²) in [7, 11) is 0. The first-order valence-corrected chi connectivity index (χ1v) is 15.0. The molecule has 1 aliphatic carbocycles. The Bertz CT molecular complexity index is 1630. The molecule has 0 saturated heterocycles. The van der Waals surface area contributed by atoms with Gasteiger partial charge in [0.05, 0.1) is 10.9 Å². The highest BCUT2D eigenvalue weighted by atomic mass is 16.6. The summed E-state index contributed by atoms with van der Waals surface area (Å²) in [5.41, 5.74) is 5.40. The molecule has 4 rings (SSSR count). The van der Waals surface area contributed by atoms with E-state index in [1.807, 2.05) is 34.6 Å². The standard InChI is InChI=1S/C33H41N5O6/c1-18-19(2)21(4)29(22(5)20(18)3)44-33(43)37-27(31(40)41)17-28-36-26-14-13-23(16-25(26)30(39)38-28)10-9-15-34-32(42)35-24-11-7-6-8-12-24/h9-10,13-14,16,24,27H,6-8,11-12,15,17H2,1-5H3,(H,37,43)(H,40,41)(H2,34,35,42)(H,36,38,39)/b10-9+/t27-/m0/s1. The number of carboxylic acids is 1. The highest BCUT2D eigenvalue weighted by Gasteiger charge is 2.25. The van der Waals surface area contributed by atoms with Crippen molar-refractivity contribution in [1.29, 1.82) is 0 Å². The van der Waals surface area contributed by atoms with Gasteiger partial charge in [0.25, 0.3) is 5.56 Å². The predicted octanol–water partition coefficient (Wildman–Crippen LogP) is 4.89. The third-order valence-electron chi connectivity index (χ3n) is 8.52. The minimum absolute atomic E-state index is 0.112. The maximum absolute atomic E-state index is 12.9. The molecule has 3 amide bonds. The first kappa shape index (κ1) is 32.2. The second-order valence-corrected chi connectivity index (χ2v) is 11.5. The lowest BCUT2D eigenvalue weighted by Gasteiger charge is -2.22. The molecule has 0 aliphatic heterocycles. The highest BCUT2D eigenvalue weighted by molar-refractivity contribution is 5.82. The van der Waals surface area contributed by atoms with Crippen LogP contribution in [-0.2, 0) is 11.2 Å². The number of aliphatic carboxylic acids is 1. The van der Waals surface area contributed by atoms with Crippen LogP contribution in [0.15, 0.2) is 29.1 Å². The predicted molar refractivity (Wildman–Crippen MR) is 169 cm³/mol. The fraction of sp³-hybridized carbons (Fsp3) is 0.424. The van der Waals surface area contributed by atoms with Crippen molar-refractivity contribution in [3.8, 4) is 5.75 Å². The molecule has 3 aromatic rings. The molecular weight excluding hydrogens is 562 g/mol. The normalized spacial score (nSPS) is 14.4. The first-order chi connectivity index (χ1) is 20.9. The van der Waals surface area contributed by atoms with Crippen molar-refractivity contribution in [3.05, 3.63) is 73.8 Å². The average molecular weight is 604 g/mol. The summed E-state index contributed by atoms with van der Waals surface area (Å²) in [5, 5.41) is 18.3. The van der Waals surface area contributed by atoms with Crippen molar-refractivity contribution in [2.45, 2.75) is 85.2 Å². The van der Waals surface area contributed by atoms with Crippen molar-refractivity contribution in [3.63, 3.8) is 0 Å². The summed E-state index contributed by atoms with van der Waals surface area (Å²) in [6.07, 6.45) is 7.95. The number of fused-ring (bicyclic) bond motifs is 1. The van der Waals surface area contributed by atoms with Crippen LogP contribution in [0.1, 0.15) is 71.3 Å². The average Bonchev–Trinajstić information content (AvgIpc) is 3.00. The molecular formula is C33H41N5O6. The molecule has 1 saturated carbocycles. The Morgan fingerprint density at radius 1 is 1.02 bits per heavy atom. The number of nitrogens with one attached hydrogen (secondary N) is 4. The third-order valence-corrected chi connectivity index (χ3v) is 8.52. The van der Waals surface area contributed by atoms with Crippen LogP contribution >= 0.6 is 0 Å². The maximum Gasteiger partial charge on any atom is 0.413 e. The van der Waals surface area contributed by atoms with Gasteiger partial charge in [0.1, 0.15) is 17.6 Å². The van der Waals surface area contributed by atoms with Crippen molar-refractivity contribution in [2.75, 3.05) is 6.54 Å². The van der Waals surface area contributed by atoms with Gasteiger partial charge in [0.2, 0.25) is 0 Å². The second-order valence-electron chi connectivity index (χ2n) is 11.5. The second kappa shape index (κ2) is 14.2. The first-order valence-electron chi connectivity index (χ1n) is 15.0. The molecule has 1 atom stereocenters. The summed E-state index contributed by atoms with van der Waals surface area (Å²) in [6.45, 7) is 9.93. The Kier molecular flexibility index (Phi) is 10.4. The third kappa shape index (κ3) is 7.83. The fourth-order valence-corrected chi connectivity index (χ4v) is 5.51. The van der Waals surface area contributed by atoms with Gasteiger partial charge in [0.15, 0.2) is 0 Å². The summed E-state index contributed by atoms with van der Waals surface area (Å²) < 4.78 is 5.57. The van der Waals surface area contributed by atoms with Crippen molar-refractivity contribution in [1.82, 2.24) is 25.9 Å². The minimum Gasteiger partial charge on any atom is -0.480 e. The van der Waals surface area contributed by atoms with E-state index in [0.717, 1.165) is 59.1 Å². The number of aromatic nitrogens is 2. The van der Waals surface area contributed by atoms with Gasteiger partial charge in [-0.2, -0.15) is 0 Å².